The van der Waals surface area contributed by atoms with E-state index in [1.807, 2.05) is 0 Å². The molecule has 7 heteroatoms. The average Bonchev–Trinajstić information content (AvgIpc) is 2.92. The van der Waals surface area contributed by atoms with Gasteiger partial charge in [0.1, 0.15) is 0 Å². The molecule has 0 radical (unpaired) electrons. The molecule has 0 aromatic heterocycles. The Bertz CT molecular complexity index is 483. The van der Waals surface area contributed by atoms with Gasteiger partial charge >= 0.3 is 0 Å². The molecular weight excluding hydrogens is 338 g/mol. The van der Waals surface area contributed by atoms with Crippen LogP contribution in [0.25, 0.3) is 0 Å². The molecule has 0 bridgehead atoms. The summed E-state index contributed by atoms with van der Waals surface area (Å²) in [5.41, 5.74) is -0.353. The minimum atomic E-state index is -2.53. The van der Waals surface area contributed by atoms with E-state index in [0.29, 0.717) is 26.0 Å². The Hall–Kier alpha value is -0.400. The lowest BCUT2D eigenvalue weighted by Crippen LogP contribution is -2.53. The molecule has 4 rings (SSSR count). The van der Waals surface area contributed by atoms with Crippen molar-refractivity contribution in [1.82, 2.24) is 4.90 Å². The quantitative estimate of drug-likeness (QED) is 0.709. The van der Waals surface area contributed by atoms with Crippen LogP contribution in [-0.2, 0) is 9.47 Å². The maximum Gasteiger partial charge on any atom is 0.248 e. The molecule has 25 heavy (non-hydrogen) atoms. The zero-order chi connectivity index (χ0) is 17.7. The summed E-state index contributed by atoms with van der Waals surface area (Å²) in [5, 5.41) is 0. The van der Waals surface area contributed by atoms with Gasteiger partial charge in [-0.2, -0.15) is 0 Å². The molecular formula is C18H27F4NO2. The van der Waals surface area contributed by atoms with Crippen LogP contribution in [0.5, 0.6) is 0 Å². The van der Waals surface area contributed by atoms with Crippen molar-refractivity contribution in [1.29, 1.82) is 0 Å². The van der Waals surface area contributed by atoms with E-state index in [0.717, 1.165) is 25.9 Å². The number of hydrogen-bond acceptors (Lipinski definition) is 3. The number of alkyl halides is 4. The third-order valence-corrected chi connectivity index (χ3v) is 6.52. The molecule has 2 unspecified atom stereocenters. The minimum absolute atomic E-state index is 0.0470. The van der Waals surface area contributed by atoms with Gasteiger partial charge in [-0.15, -0.1) is 0 Å². The first-order chi connectivity index (χ1) is 11.7. The van der Waals surface area contributed by atoms with E-state index in [-0.39, 0.29) is 49.4 Å². The first kappa shape index (κ1) is 18.0. The van der Waals surface area contributed by atoms with Gasteiger partial charge in [0.2, 0.25) is 11.8 Å². The minimum Gasteiger partial charge on any atom is -0.375 e. The van der Waals surface area contributed by atoms with Crippen LogP contribution in [0, 0.1) is 5.92 Å². The second-order valence-electron chi connectivity index (χ2n) is 8.51. The first-order valence-electron chi connectivity index (χ1n) is 9.52. The standard InChI is InChI=1S/C18H27F4NO2/c19-17(20)5-3-16(4-6-17)2-1-14(25-16)11-23-7-8-24-15(12-23)13-9-18(21,22)10-13/h13-15H,1-12H2. The summed E-state index contributed by atoms with van der Waals surface area (Å²) in [6.45, 7) is 2.77. The Morgan fingerprint density at radius 3 is 2.32 bits per heavy atom. The molecule has 0 aromatic carbocycles. The molecule has 2 aliphatic heterocycles. The van der Waals surface area contributed by atoms with Gasteiger partial charge in [-0.1, -0.05) is 0 Å². The number of rotatable bonds is 3. The van der Waals surface area contributed by atoms with Crippen molar-refractivity contribution in [3.8, 4) is 0 Å². The van der Waals surface area contributed by atoms with E-state index >= 15 is 0 Å². The highest BCUT2D eigenvalue weighted by molar-refractivity contribution is 4.97. The van der Waals surface area contributed by atoms with Crippen LogP contribution in [0.15, 0.2) is 0 Å². The molecule has 3 nitrogen and oxygen atoms in total. The van der Waals surface area contributed by atoms with Gasteiger partial charge in [-0.3, -0.25) is 4.90 Å². The fraction of sp³-hybridized carbons (Fsp3) is 1.00. The molecule has 4 aliphatic rings. The van der Waals surface area contributed by atoms with Crippen molar-refractivity contribution >= 4 is 0 Å². The van der Waals surface area contributed by atoms with E-state index in [1.54, 1.807) is 0 Å². The Kier molecular flexibility index (Phi) is 4.56. The molecule has 2 heterocycles. The largest absolute Gasteiger partial charge is 0.375 e. The molecule has 144 valence electrons. The van der Waals surface area contributed by atoms with Crippen molar-refractivity contribution < 1.29 is 27.0 Å². The topological polar surface area (TPSA) is 21.7 Å². The normalized spacial score (nSPS) is 37.9. The molecule has 1 spiro atoms. The van der Waals surface area contributed by atoms with Gasteiger partial charge in [0.15, 0.2) is 0 Å². The van der Waals surface area contributed by atoms with Crippen LogP contribution in [-0.4, -0.2) is 60.8 Å². The van der Waals surface area contributed by atoms with Gasteiger partial charge in [-0.05, 0) is 31.6 Å². The van der Waals surface area contributed by atoms with Crippen molar-refractivity contribution in [3.63, 3.8) is 0 Å². The maximum atomic E-state index is 13.4. The van der Waals surface area contributed by atoms with E-state index in [2.05, 4.69) is 4.90 Å². The van der Waals surface area contributed by atoms with Crippen molar-refractivity contribution in [2.75, 3.05) is 26.2 Å². The highest BCUT2D eigenvalue weighted by atomic mass is 19.3. The molecule has 0 aromatic rings. The van der Waals surface area contributed by atoms with Crippen LogP contribution in [0.2, 0.25) is 0 Å². The smallest absolute Gasteiger partial charge is 0.248 e. The number of halogens is 4. The van der Waals surface area contributed by atoms with Gasteiger partial charge in [0.05, 0.1) is 24.4 Å². The number of nitrogens with zero attached hydrogens (tertiary/aromatic N) is 1. The lowest BCUT2D eigenvalue weighted by molar-refractivity contribution is -0.172. The first-order valence-corrected chi connectivity index (χ1v) is 9.52. The lowest BCUT2D eigenvalue weighted by Gasteiger charge is -2.44. The summed E-state index contributed by atoms with van der Waals surface area (Å²) in [5.74, 6) is -5.09. The third-order valence-electron chi connectivity index (χ3n) is 6.52. The molecule has 4 fully saturated rings. The molecule has 2 atom stereocenters. The summed E-state index contributed by atoms with van der Waals surface area (Å²) in [4.78, 5) is 2.24. The Morgan fingerprint density at radius 1 is 0.920 bits per heavy atom. The zero-order valence-electron chi connectivity index (χ0n) is 14.5. The number of hydrogen-bond donors (Lipinski definition) is 0. The molecule has 2 saturated carbocycles. The second kappa shape index (κ2) is 6.34. The average molecular weight is 365 g/mol. The summed E-state index contributed by atoms with van der Waals surface area (Å²) in [6, 6.07) is 0. The summed E-state index contributed by atoms with van der Waals surface area (Å²) in [7, 11) is 0. The fourth-order valence-electron chi connectivity index (χ4n) is 4.90. The van der Waals surface area contributed by atoms with Crippen molar-refractivity contribution in [3.05, 3.63) is 0 Å². The number of morpholine rings is 1. The predicted molar refractivity (Wildman–Crippen MR) is 84.1 cm³/mol. The van der Waals surface area contributed by atoms with Crippen LogP contribution in [0.1, 0.15) is 51.4 Å². The highest BCUT2D eigenvalue weighted by Crippen LogP contribution is 2.47. The van der Waals surface area contributed by atoms with Crippen LogP contribution in [0.3, 0.4) is 0 Å². The van der Waals surface area contributed by atoms with E-state index in [9.17, 15) is 17.6 Å². The zero-order valence-corrected chi connectivity index (χ0v) is 14.5. The summed E-state index contributed by atoms with van der Waals surface area (Å²) < 4.78 is 64.9. The highest BCUT2D eigenvalue weighted by Gasteiger charge is 2.51. The predicted octanol–water partition coefficient (Wildman–Crippen LogP) is 3.86. The lowest BCUT2D eigenvalue weighted by atomic mass is 9.77. The summed E-state index contributed by atoms with van der Waals surface area (Å²) in [6.07, 6.45) is 2.31. The van der Waals surface area contributed by atoms with Crippen LogP contribution < -0.4 is 0 Å². The van der Waals surface area contributed by atoms with Gasteiger partial charge in [0, 0.05) is 45.3 Å². The summed E-state index contributed by atoms with van der Waals surface area (Å²) >= 11 is 0. The van der Waals surface area contributed by atoms with E-state index < -0.39 is 11.8 Å². The maximum absolute atomic E-state index is 13.4. The Balaban J connectivity index is 1.26. The second-order valence-corrected chi connectivity index (χ2v) is 8.51. The van der Waals surface area contributed by atoms with Crippen molar-refractivity contribution in [2.45, 2.75) is 81.0 Å². The number of ether oxygens (including phenoxy) is 2. The van der Waals surface area contributed by atoms with Crippen molar-refractivity contribution in [2.24, 2.45) is 5.92 Å². The van der Waals surface area contributed by atoms with E-state index in [1.165, 1.54) is 0 Å². The molecule has 0 N–H and O–H groups in total. The SMILES string of the molecule is FC1(F)CCC2(CCC(CN3CCOC(C4CC(F)(F)C4)C3)O2)CC1. The van der Waals surface area contributed by atoms with Gasteiger partial charge < -0.3 is 9.47 Å². The Labute approximate surface area is 146 Å². The third kappa shape index (κ3) is 3.98. The van der Waals surface area contributed by atoms with Gasteiger partial charge in [0.25, 0.3) is 0 Å². The monoisotopic (exact) mass is 365 g/mol. The van der Waals surface area contributed by atoms with Crippen LogP contribution in [0.4, 0.5) is 17.6 Å². The van der Waals surface area contributed by atoms with E-state index in [4.69, 9.17) is 9.47 Å². The molecule has 2 aliphatic carbocycles. The van der Waals surface area contributed by atoms with Crippen LogP contribution >= 0.6 is 0 Å². The fourth-order valence-corrected chi connectivity index (χ4v) is 4.90. The van der Waals surface area contributed by atoms with Gasteiger partial charge in [-0.25, -0.2) is 17.6 Å². The molecule has 0 amide bonds. The Morgan fingerprint density at radius 2 is 1.64 bits per heavy atom. The molecule has 2 saturated heterocycles.